The van der Waals surface area contributed by atoms with Crippen LogP contribution in [0.25, 0.3) is 6.08 Å². The number of carbonyl (C=O) groups excluding carboxylic acids is 1. The van der Waals surface area contributed by atoms with Crippen LogP contribution in [0, 0.1) is 0 Å². The number of oxime groups is 1. The second-order valence-corrected chi connectivity index (χ2v) is 6.74. The monoisotopic (exact) mass is 344 g/mol. The van der Waals surface area contributed by atoms with E-state index in [1.54, 1.807) is 0 Å². The van der Waals surface area contributed by atoms with E-state index in [9.17, 15) is 18.0 Å². The maximum Gasteiger partial charge on any atom is 0.437 e. The molecule has 0 N–H and O–H groups in total. The summed E-state index contributed by atoms with van der Waals surface area (Å²) in [6, 6.07) is 0. The summed E-state index contributed by atoms with van der Waals surface area (Å²) in [5.41, 5.74) is 0.443. The van der Waals surface area contributed by atoms with Gasteiger partial charge in [0.15, 0.2) is 5.71 Å². The number of carbonyl (C=O) groups is 1. The van der Waals surface area contributed by atoms with Crippen LogP contribution >= 0.6 is 11.3 Å². The van der Waals surface area contributed by atoms with Gasteiger partial charge in [0.25, 0.3) is 0 Å². The molecule has 1 aromatic rings. The normalized spacial score (nSPS) is 19.6. The minimum atomic E-state index is -4.71. The van der Waals surface area contributed by atoms with Crippen molar-refractivity contribution in [3.05, 3.63) is 21.6 Å². The van der Waals surface area contributed by atoms with E-state index in [4.69, 9.17) is 0 Å². The van der Waals surface area contributed by atoms with Crippen LogP contribution in [0.2, 0.25) is 0 Å². The summed E-state index contributed by atoms with van der Waals surface area (Å²) < 4.78 is 38.9. The van der Waals surface area contributed by atoms with Gasteiger partial charge in [0.2, 0.25) is 0 Å². The Morgan fingerprint density at radius 3 is 2.48 bits per heavy atom. The third-order valence-corrected chi connectivity index (χ3v) is 5.26. The topological polar surface area (TPSA) is 41.9 Å². The Balaban J connectivity index is 2.09. The summed E-state index contributed by atoms with van der Waals surface area (Å²) in [5, 5.41) is 3.92. The number of fused-ring (bicyclic) bond motifs is 1. The maximum atomic E-state index is 13.0. The van der Waals surface area contributed by atoms with Crippen LogP contribution in [0.5, 0.6) is 0 Å². The van der Waals surface area contributed by atoms with Crippen LogP contribution in [0.4, 0.5) is 18.2 Å². The van der Waals surface area contributed by atoms with Gasteiger partial charge in [-0.05, 0) is 42.9 Å². The molecule has 0 radical (unpaired) electrons. The third kappa shape index (κ3) is 2.87. The van der Waals surface area contributed by atoms with Crippen molar-refractivity contribution in [1.29, 1.82) is 0 Å². The standard InChI is InChI=1S/C15H15F3N2O2S/c1-20(2)13-9-6-4-3-5-8(9)11(23-13)7-10-12(15(16,17)18)19-22-14(10)21/h7H,3-6H2,1-2H3. The molecule has 23 heavy (non-hydrogen) atoms. The van der Waals surface area contributed by atoms with Crippen molar-refractivity contribution in [1.82, 2.24) is 0 Å². The van der Waals surface area contributed by atoms with Crippen LogP contribution < -0.4 is 4.90 Å². The fraction of sp³-hybridized carbons (Fsp3) is 0.467. The summed E-state index contributed by atoms with van der Waals surface area (Å²) in [7, 11) is 3.81. The van der Waals surface area contributed by atoms with E-state index in [1.165, 1.54) is 23.0 Å². The molecular formula is C15H15F3N2O2S. The summed E-state index contributed by atoms with van der Waals surface area (Å²) in [6.45, 7) is 0. The van der Waals surface area contributed by atoms with Crippen molar-refractivity contribution in [2.45, 2.75) is 31.9 Å². The van der Waals surface area contributed by atoms with Gasteiger partial charge in [-0.3, -0.25) is 0 Å². The zero-order valence-electron chi connectivity index (χ0n) is 12.7. The van der Waals surface area contributed by atoms with Crippen molar-refractivity contribution in [2.24, 2.45) is 5.16 Å². The van der Waals surface area contributed by atoms with Crippen molar-refractivity contribution in [3.63, 3.8) is 0 Å². The number of anilines is 1. The Hall–Kier alpha value is -1.83. The molecule has 0 atom stereocenters. The van der Waals surface area contributed by atoms with Crippen LogP contribution in [0.1, 0.15) is 28.8 Å². The van der Waals surface area contributed by atoms with Gasteiger partial charge in [-0.2, -0.15) is 13.2 Å². The molecule has 2 heterocycles. The van der Waals surface area contributed by atoms with Gasteiger partial charge in [0.05, 0.1) is 10.6 Å². The van der Waals surface area contributed by atoms with E-state index in [0.717, 1.165) is 36.2 Å². The molecule has 124 valence electrons. The number of hydrogen-bond donors (Lipinski definition) is 0. The van der Waals surface area contributed by atoms with Crippen molar-refractivity contribution >= 4 is 34.1 Å². The molecule has 1 aromatic heterocycles. The highest BCUT2D eigenvalue weighted by atomic mass is 32.1. The predicted octanol–water partition coefficient (Wildman–Crippen LogP) is 3.55. The van der Waals surface area contributed by atoms with Gasteiger partial charge in [0.1, 0.15) is 0 Å². The van der Waals surface area contributed by atoms with Crippen molar-refractivity contribution in [3.8, 4) is 0 Å². The molecule has 4 nitrogen and oxygen atoms in total. The van der Waals surface area contributed by atoms with E-state index < -0.39 is 23.4 Å². The fourth-order valence-electron chi connectivity index (χ4n) is 2.86. The zero-order chi connectivity index (χ0) is 16.8. The first kappa shape index (κ1) is 16.0. The highest BCUT2D eigenvalue weighted by molar-refractivity contribution is 7.17. The SMILES string of the molecule is CN(C)c1sc(C=C2C(=O)ON=C2C(F)(F)F)c2c1CCCC2. The third-order valence-electron chi connectivity index (χ3n) is 3.88. The lowest BCUT2D eigenvalue weighted by Crippen LogP contribution is -2.24. The Kier molecular flexibility index (Phi) is 3.95. The molecule has 0 spiro atoms. The Bertz CT molecular complexity index is 717. The van der Waals surface area contributed by atoms with Crippen molar-refractivity contribution in [2.75, 3.05) is 19.0 Å². The fourth-order valence-corrected chi connectivity index (χ4v) is 4.13. The average molecular weight is 344 g/mol. The molecule has 0 amide bonds. The van der Waals surface area contributed by atoms with E-state index >= 15 is 0 Å². The Morgan fingerprint density at radius 2 is 1.87 bits per heavy atom. The quantitative estimate of drug-likeness (QED) is 0.609. The van der Waals surface area contributed by atoms with Crippen LogP contribution in [0.3, 0.4) is 0 Å². The molecule has 0 unspecified atom stereocenters. The number of rotatable bonds is 2. The van der Waals surface area contributed by atoms with Crippen molar-refractivity contribution < 1.29 is 22.8 Å². The Morgan fingerprint density at radius 1 is 1.22 bits per heavy atom. The highest BCUT2D eigenvalue weighted by Crippen LogP contribution is 2.41. The van der Waals surface area contributed by atoms with Crippen LogP contribution in [0.15, 0.2) is 10.7 Å². The predicted molar refractivity (Wildman–Crippen MR) is 82.8 cm³/mol. The van der Waals surface area contributed by atoms with Gasteiger partial charge < -0.3 is 9.74 Å². The molecule has 3 rings (SSSR count). The van der Waals surface area contributed by atoms with E-state index in [0.29, 0.717) is 4.88 Å². The first-order valence-electron chi connectivity index (χ1n) is 7.19. The molecule has 0 saturated heterocycles. The molecule has 2 aliphatic rings. The van der Waals surface area contributed by atoms with Gasteiger partial charge >= 0.3 is 12.1 Å². The highest BCUT2D eigenvalue weighted by Gasteiger charge is 2.45. The minimum absolute atomic E-state index is 0.516. The molecular weight excluding hydrogens is 329 g/mol. The first-order chi connectivity index (χ1) is 10.8. The number of hydrogen-bond acceptors (Lipinski definition) is 5. The summed E-state index contributed by atoms with van der Waals surface area (Å²) >= 11 is 1.40. The second-order valence-electron chi connectivity index (χ2n) is 5.70. The molecule has 0 saturated carbocycles. The molecule has 0 bridgehead atoms. The molecule has 8 heteroatoms. The smallest absolute Gasteiger partial charge is 0.369 e. The van der Waals surface area contributed by atoms with Gasteiger partial charge in [-0.15, -0.1) is 11.3 Å². The lowest BCUT2D eigenvalue weighted by atomic mass is 9.92. The second kappa shape index (κ2) is 5.67. The average Bonchev–Trinajstić information content (AvgIpc) is 3.01. The van der Waals surface area contributed by atoms with E-state index in [-0.39, 0.29) is 0 Å². The van der Waals surface area contributed by atoms with Gasteiger partial charge in [-0.25, -0.2) is 4.79 Å². The molecule has 1 aliphatic heterocycles. The number of halogens is 3. The number of thiophene rings is 1. The van der Waals surface area contributed by atoms with E-state index in [2.05, 4.69) is 9.99 Å². The summed E-state index contributed by atoms with van der Waals surface area (Å²) in [6.07, 6.45) is 0.359. The van der Waals surface area contributed by atoms with Gasteiger partial charge in [-0.1, -0.05) is 5.16 Å². The molecule has 0 aromatic carbocycles. The van der Waals surface area contributed by atoms with Gasteiger partial charge in [0, 0.05) is 19.0 Å². The van der Waals surface area contributed by atoms with Crippen LogP contribution in [-0.4, -0.2) is 32.0 Å². The maximum absolute atomic E-state index is 13.0. The summed E-state index contributed by atoms with van der Waals surface area (Å²) in [4.78, 5) is 18.5. The molecule has 0 fully saturated rings. The first-order valence-corrected chi connectivity index (χ1v) is 8.01. The zero-order valence-corrected chi connectivity index (χ0v) is 13.5. The Labute approximate surface area is 135 Å². The summed E-state index contributed by atoms with van der Waals surface area (Å²) in [5.74, 6) is -1.05. The number of nitrogens with zero attached hydrogens (tertiary/aromatic N) is 2. The molecule has 1 aliphatic carbocycles. The lowest BCUT2D eigenvalue weighted by molar-refractivity contribution is -0.136. The largest absolute Gasteiger partial charge is 0.437 e. The number of alkyl halides is 3. The van der Waals surface area contributed by atoms with E-state index in [1.807, 2.05) is 19.0 Å². The van der Waals surface area contributed by atoms with Crippen LogP contribution in [-0.2, 0) is 22.5 Å². The lowest BCUT2D eigenvalue weighted by Gasteiger charge is -2.17. The minimum Gasteiger partial charge on any atom is -0.369 e.